The van der Waals surface area contributed by atoms with Gasteiger partial charge in [0, 0.05) is 25.2 Å². The number of nitro groups is 1. The molecule has 0 unspecified atom stereocenters. The predicted molar refractivity (Wildman–Crippen MR) is 92.3 cm³/mol. The second-order valence-corrected chi connectivity index (χ2v) is 7.39. The number of non-ortho nitro benzene ring substituents is 1. The van der Waals surface area contributed by atoms with Crippen LogP contribution in [-0.4, -0.2) is 55.6 Å². The summed E-state index contributed by atoms with van der Waals surface area (Å²) >= 11 is 0. The number of amides is 1. The van der Waals surface area contributed by atoms with Crippen LogP contribution in [0.4, 0.5) is 10.5 Å². The summed E-state index contributed by atoms with van der Waals surface area (Å²) in [7, 11) is -3.53. The molecule has 1 heterocycles. The summed E-state index contributed by atoms with van der Waals surface area (Å²) in [6.07, 6.45) is 0.240. The highest BCUT2D eigenvalue weighted by Gasteiger charge is 2.27. The summed E-state index contributed by atoms with van der Waals surface area (Å²) in [6.45, 7) is 2.40. The van der Waals surface area contributed by atoms with Crippen LogP contribution in [0.5, 0.6) is 0 Å². The van der Waals surface area contributed by atoms with E-state index in [4.69, 9.17) is 8.92 Å². The maximum absolute atomic E-state index is 11.8. The lowest BCUT2D eigenvalue weighted by molar-refractivity contribution is -0.384. The molecule has 11 heteroatoms. The van der Waals surface area contributed by atoms with Crippen molar-refractivity contribution in [2.75, 3.05) is 19.3 Å². The van der Waals surface area contributed by atoms with Gasteiger partial charge in [-0.1, -0.05) is 0 Å². The van der Waals surface area contributed by atoms with Crippen molar-refractivity contribution in [3.05, 3.63) is 39.9 Å². The van der Waals surface area contributed by atoms with E-state index in [1.165, 1.54) is 24.3 Å². The molecule has 142 valence electrons. The van der Waals surface area contributed by atoms with Crippen molar-refractivity contribution >= 4 is 27.7 Å². The van der Waals surface area contributed by atoms with Crippen LogP contribution in [0.25, 0.3) is 0 Å². The highest BCUT2D eigenvalue weighted by molar-refractivity contribution is 7.86. The van der Waals surface area contributed by atoms with Crippen LogP contribution in [0, 0.1) is 10.1 Å². The van der Waals surface area contributed by atoms with E-state index in [0.29, 0.717) is 30.9 Å². The zero-order valence-electron chi connectivity index (χ0n) is 14.3. The first-order valence-electron chi connectivity index (χ1n) is 7.72. The molecule has 0 N–H and O–H groups in total. The topological polar surface area (TPSA) is 128 Å². The van der Waals surface area contributed by atoms with E-state index in [2.05, 4.69) is 4.99 Å². The van der Waals surface area contributed by atoms with Gasteiger partial charge in [0.2, 0.25) is 0 Å². The lowest BCUT2D eigenvalue weighted by Gasteiger charge is -2.17. The second-order valence-electron chi connectivity index (χ2n) is 5.79. The van der Waals surface area contributed by atoms with Crippen LogP contribution in [-0.2, 0) is 25.6 Å². The highest BCUT2D eigenvalue weighted by Crippen LogP contribution is 2.16. The normalized spacial score (nSPS) is 18.0. The van der Waals surface area contributed by atoms with Crippen molar-refractivity contribution in [1.29, 1.82) is 0 Å². The number of aliphatic imine (C=N–C) groups is 1. The van der Waals surface area contributed by atoms with Crippen molar-refractivity contribution < 1.29 is 27.1 Å². The minimum absolute atomic E-state index is 0.0474. The van der Waals surface area contributed by atoms with Crippen LogP contribution in [0.2, 0.25) is 0 Å². The van der Waals surface area contributed by atoms with Crippen LogP contribution in [0.15, 0.2) is 29.3 Å². The highest BCUT2D eigenvalue weighted by atomic mass is 32.2. The van der Waals surface area contributed by atoms with Crippen molar-refractivity contribution in [3.8, 4) is 0 Å². The third-order valence-corrected chi connectivity index (χ3v) is 4.30. The van der Waals surface area contributed by atoms with E-state index < -0.39 is 27.2 Å². The Morgan fingerprint density at radius 2 is 2.04 bits per heavy atom. The fraction of sp³-hybridized carbons (Fsp3) is 0.467. The van der Waals surface area contributed by atoms with Crippen molar-refractivity contribution in [2.24, 2.45) is 4.99 Å². The molecule has 0 radical (unpaired) electrons. The number of benzene rings is 1. The van der Waals surface area contributed by atoms with Gasteiger partial charge >= 0.3 is 6.09 Å². The average Bonchev–Trinajstić information content (AvgIpc) is 3.00. The first-order chi connectivity index (χ1) is 12.1. The van der Waals surface area contributed by atoms with Crippen molar-refractivity contribution in [3.63, 3.8) is 0 Å². The SMILES string of the molecule is CC(=NC(=O)OCc1ccc([N+](=O)[O-])cc1)N1CC[C@@H](OS(C)(=O)=O)C1. The quantitative estimate of drug-likeness (QED) is 0.246. The number of hydrogen-bond donors (Lipinski definition) is 0. The second kappa shape index (κ2) is 8.23. The smallest absolute Gasteiger partial charge is 0.435 e. The summed E-state index contributed by atoms with van der Waals surface area (Å²) in [5.74, 6) is 0.401. The van der Waals surface area contributed by atoms with Crippen molar-refractivity contribution in [2.45, 2.75) is 26.1 Å². The number of carbonyl (C=O) groups excluding carboxylic acids is 1. The van der Waals surface area contributed by atoms with Gasteiger partial charge in [-0.05, 0) is 31.0 Å². The van der Waals surface area contributed by atoms with Crippen LogP contribution >= 0.6 is 0 Å². The Kier molecular flexibility index (Phi) is 6.27. The molecule has 1 saturated heterocycles. The zero-order chi connectivity index (χ0) is 19.3. The molecule has 2 rings (SSSR count). The molecular formula is C15H19N3O7S. The molecule has 1 fully saturated rings. The number of nitrogens with zero attached hydrogens (tertiary/aromatic N) is 3. The fourth-order valence-corrected chi connectivity index (χ4v) is 3.09. The molecule has 26 heavy (non-hydrogen) atoms. The minimum atomic E-state index is -3.53. The lowest BCUT2D eigenvalue weighted by Crippen LogP contribution is -2.29. The van der Waals surface area contributed by atoms with Gasteiger partial charge < -0.3 is 9.64 Å². The van der Waals surface area contributed by atoms with Gasteiger partial charge in [0.25, 0.3) is 15.8 Å². The summed E-state index contributed by atoms with van der Waals surface area (Å²) < 4.78 is 32.2. The number of carbonyl (C=O) groups is 1. The maximum atomic E-state index is 11.8. The Morgan fingerprint density at radius 3 is 2.62 bits per heavy atom. The van der Waals surface area contributed by atoms with Crippen molar-refractivity contribution in [1.82, 2.24) is 4.90 Å². The Hall–Kier alpha value is -2.53. The van der Waals surface area contributed by atoms with E-state index in [-0.39, 0.29) is 12.3 Å². The number of nitro benzene ring substituents is 1. The summed E-state index contributed by atoms with van der Waals surface area (Å²) in [6, 6.07) is 5.64. The van der Waals surface area contributed by atoms with Gasteiger partial charge in [0.15, 0.2) is 0 Å². The lowest BCUT2D eigenvalue weighted by atomic mass is 10.2. The van der Waals surface area contributed by atoms with Gasteiger partial charge in [-0.3, -0.25) is 14.3 Å². The number of ether oxygens (including phenoxy) is 1. The minimum Gasteiger partial charge on any atom is -0.443 e. The van der Waals surface area contributed by atoms with E-state index >= 15 is 0 Å². The van der Waals surface area contributed by atoms with E-state index in [9.17, 15) is 23.3 Å². The molecule has 1 aliphatic heterocycles. The first-order valence-corrected chi connectivity index (χ1v) is 9.54. The van der Waals surface area contributed by atoms with E-state index in [1.807, 2.05) is 0 Å². The monoisotopic (exact) mass is 385 g/mol. The van der Waals surface area contributed by atoms with Crippen LogP contribution in [0.3, 0.4) is 0 Å². The Morgan fingerprint density at radius 1 is 1.38 bits per heavy atom. The Bertz CT molecular complexity index is 805. The van der Waals surface area contributed by atoms with Crippen LogP contribution in [0.1, 0.15) is 18.9 Å². The Labute approximate surface area is 150 Å². The standard InChI is InChI=1S/C15H19N3O7S/c1-11(17-8-7-14(9-17)25-26(2,22)23)16-15(19)24-10-12-3-5-13(6-4-12)18(20)21/h3-6,14H,7-10H2,1-2H3/t14-/m1/s1. The summed E-state index contributed by atoms with van der Waals surface area (Å²) in [5.41, 5.74) is 0.549. The molecular weight excluding hydrogens is 366 g/mol. The first kappa shape index (κ1) is 19.8. The summed E-state index contributed by atoms with van der Waals surface area (Å²) in [4.78, 5) is 27.4. The average molecular weight is 385 g/mol. The molecule has 1 aromatic carbocycles. The molecule has 0 saturated carbocycles. The largest absolute Gasteiger partial charge is 0.443 e. The van der Waals surface area contributed by atoms with Gasteiger partial charge in [-0.15, -0.1) is 0 Å². The predicted octanol–water partition coefficient (Wildman–Crippen LogP) is 1.70. The molecule has 10 nitrogen and oxygen atoms in total. The zero-order valence-corrected chi connectivity index (χ0v) is 15.1. The summed E-state index contributed by atoms with van der Waals surface area (Å²) in [5, 5.41) is 10.6. The van der Waals surface area contributed by atoms with Crippen LogP contribution < -0.4 is 0 Å². The van der Waals surface area contributed by atoms with Gasteiger partial charge in [-0.25, -0.2) is 4.79 Å². The number of amidine groups is 1. The van der Waals surface area contributed by atoms with E-state index in [0.717, 1.165) is 6.26 Å². The molecule has 0 aliphatic carbocycles. The van der Waals surface area contributed by atoms with Gasteiger partial charge in [-0.2, -0.15) is 13.4 Å². The fourth-order valence-electron chi connectivity index (χ4n) is 2.44. The number of likely N-dealkylation sites (tertiary alicyclic amines) is 1. The van der Waals surface area contributed by atoms with E-state index in [1.54, 1.807) is 11.8 Å². The molecule has 1 amide bonds. The third kappa shape index (κ3) is 6.08. The van der Waals surface area contributed by atoms with Gasteiger partial charge in [0.1, 0.15) is 12.4 Å². The molecule has 1 atom stereocenters. The molecule has 1 aliphatic rings. The number of hydrogen-bond acceptors (Lipinski definition) is 7. The van der Waals surface area contributed by atoms with Gasteiger partial charge in [0.05, 0.1) is 17.3 Å². The third-order valence-electron chi connectivity index (χ3n) is 3.68. The molecule has 0 spiro atoms. The number of rotatable bonds is 5. The molecule has 1 aromatic rings. The molecule has 0 aromatic heterocycles. The molecule has 0 bridgehead atoms. The maximum Gasteiger partial charge on any atom is 0.435 e. The Balaban J connectivity index is 1.85.